The lowest BCUT2D eigenvalue weighted by Gasteiger charge is -2.35. The fourth-order valence-corrected chi connectivity index (χ4v) is 4.49. The van der Waals surface area contributed by atoms with Gasteiger partial charge in [-0.25, -0.2) is 4.98 Å². The molecule has 0 radical (unpaired) electrons. The molecule has 4 heterocycles. The molecule has 1 aromatic carbocycles. The first kappa shape index (κ1) is 20.6. The fraction of sp³-hybridized carbons (Fsp3) is 0.348. The van der Waals surface area contributed by atoms with E-state index in [9.17, 15) is 9.59 Å². The van der Waals surface area contributed by atoms with Crippen LogP contribution in [0.2, 0.25) is 5.02 Å². The quantitative estimate of drug-likeness (QED) is 0.605. The van der Waals surface area contributed by atoms with Crippen molar-refractivity contribution in [2.24, 2.45) is 0 Å². The molecular weight excluding hydrogens is 432 g/mol. The Balaban J connectivity index is 1.47. The molecule has 8 nitrogen and oxygen atoms in total. The van der Waals surface area contributed by atoms with Crippen molar-refractivity contribution < 1.29 is 19.1 Å². The van der Waals surface area contributed by atoms with Gasteiger partial charge in [0.05, 0.1) is 10.7 Å². The lowest BCUT2D eigenvalue weighted by atomic mass is 9.91. The minimum absolute atomic E-state index is 0.0350. The molecule has 1 saturated heterocycles. The minimum atomic E-state index is -0.253. The maximum atomic E-state index is 13.3. The third-order valence-electron chi connectivity index (χ3n) is 6.11. The summed E-state index contributed by atoms with van der Waals surface area (Å²) in [5.74, 6) is 1.18. The fourth-order valence-electron chi connectivity index (χ4n) is 4.33. The number of benzene rings is 1. The van der Waals surface area contributed by atoms with E-state index in [1.807, 2.05) is 39.8 Å². The molecule has 9 heteroatoms. The molecule has 166 valence electrons. The first-order chi connectivity index (χ1) is 15.5. The summed E-state index contributed by atoms with van der Waals surface area (Å²) in [7, 11) is 0. The van der Waals surface area contributed by atoms with Crippen molar-refractivity contribution in [3.05, 3.63) is 59.0 Å². The number of hydrogen-bond acceptors (Lipinski definition) is 5. The van der Waals surface area contributed by atoms with Crippen molar-refractivity contribution in [1.82, 2.24) is 19.2 Å². The number of aromatic nitrogens is 2. The molecule has 1 unspecified atom stereocenters. The molecule has 0 saturated carbocycles. The van der Waals surface area contributed by atoms with Gasteiger partial charge < -0.3 is 23.7 Å². The number of carbonyl (C=O) groups is 2. The Morgan fingerprint density at radius 2 is 1.81 bits per heavy atom. The number of carbonyl (C=O) groups excluding carboxylic acids is 2. The number of fused-ring (bicyclic) bond motifs is 2. The van der Waals surface area contributed by atoms with E-state index in [1.54, 1.807) is 24.1 Å². The van der Waals surface area contributed by atoms with E-state index in [0.717, 1.165) is 16.9 Å². The highest BCUT2D eigenvalue weighted by molar-refractivity contribution is 6.30. The third-order valence-corrected chi connectivity index (χ3v) is 6.33. The Bertz CT molecular complexity index is 1190. The van der Waals surface area contributed by atoms with Crippen molar-refractivity contribution in [3.8, 4) is 11.5 Å². The Kier molecular flexibility index (Phi) is 5.38. The highest BCUT2D eigenvalue weighted by atomic mass is 35.5. The van der Waals surface area contributed by atoms with Crippen molar-refractivity contribution in [2.75, 3.05) is 33.0 Å². The monoisotopic (exact) mass is 454 g/mol. The Morgan fingerprint density at radius 1 is 1.06 bits per heavy atom. The van der Waals surface area contributed by atoms with Crippen LogP contribution in [-0.4, -0.2) is 64.0 Å². The lowest BCUT2D eigenvalue weighted by molar-refractivity contribution is -0.138. The van der Waals surface area contributed by atoms with E-state index in [-0.39, 0.29) is 30.9 Å². The molecule has 2 aliphatic heterocycles. The Morgan fingerprint density at radius 3 is 2.59 bits per heavy atom. The molecule has 2 aliphatic rings. The average Bonchev–Trinajstić information content (AvgIpc) is 3.43. The van der Waals surface area contributed by atoms with Gasteiger partial charge >= 0.3 is 0 Å². The van der Waals surface area contributed by atoms with Gasteiger partial charge in [0, 0.05) is 57.8 Å². The lowest BCUT2D eigenvalue weighted by Crippen LogP contribution is -2.50. The maximum absolute atomic E-state index is 13.3. The molecule has 0 spiro atoms. The van der Waals surface area contributed by atoms with E-state index in [2.05, 4.69) is 4.98 Å². The molecule has 0 bridgehead atoms. The van der Waals surface area contributed by atoms with Gasteiger partial charge in [0.15, 0.2) is 11.5 Å². The summed E-state index contributed by atoms with van der Waals surface area (Å²) in [6.07, 6.45) is 3.87. The normalized spacial score (nSPS) is 16.4. The molecule has 1 fully saturated rings. The topological polar surface area (TPSA) is 76.4 Å². The molecule has 0 aliphatic carbocycles. The number of halogens is 1. The smallest absolute Gasteiger partial charge is 0.231 e. The number of hydrogen-bond donors (Lipinski definition) is 0. The van der Waals surface area contributed by atoms with Crippen LogP contribution in [0.5, 0.6) is 11.5 Å². The average molecular weight is 455 g/mol. The van der Waals surface area contributed by atoms with Gasteiger partial charge in [-0.05, 0) is 29.8 Å². The highest BCUT2D eigenvalue weighted by Gasteiger charge is 2.28. The summed E-state index contributed by atoms with van der Waals surface area (Å²) in [4.78, 5) is 33.0. The van der Waals surface area contributed by atoms with Gasteiger partial charge in [0.25, 0.3) is 0 Å². The van der Waals surface area contributed by atoms with Gasteiger partial charge in [0.2, 0.25) is 18.6 Å². The zero-order valence-corrected chi connectivity index (χ0v) is 18.4. The predicted molar refractivity (Wildman–Crippen MR) is 118 cm³/mol. The molecule has 0 N–H and O–H groups in total. The predicted octanol–water partition coefficient (Wildman–Crippen LogP) is 2.93. The first-order valence-electron chi connectivity index (χ1n) is 10.5. The summed E-state index contributed by atoms with van der Waals surface area (Å²) in [5, 5.41) is 0.591. The number of nitrogens with zero attached hydrogens (tertiary/aromatic N) is 4. The van der Waals surface area contributed by atoms with Crippen LogP contribution in [0.4, 0.5) is 0 Å². The van der Waals surface area contributed by atoms with Crippen molar-refractivity contribution in [3.63, 3.8) is 0 Å². The van der Waals surface area contributed by atoms with Crippen LogP contribution in [0, 0.1) is 0 Å². The number of imidazole rings is 1. The first-order valence-corrected chi connectivity index (χ1v) is 10.9. The van der Waals surface area contributed by atoms with Gasteiger partial charge in [0.1, 0.15) is 5.65 Å². The summed E-state index contributed by atoms with van der Waals surface area (Å²) >= 11 is 6.25. The second-order valence-corrected chi connectivity index (χ2v) is 8.45. The van der Waals surface area contributed by atoms with Gasteiger partial charge in [-0.15, -0.1) is 0 Å². The van der Waals surface area contributed by atoms with Crippen LogP contribution in [0.1, 0.15) is 30.5 Å². The van der Waals surface area contributed by atoms with Crippen molar-refractivity contribution in [1.29, 1.82) is 0 Å². The second kappa shape index (κ2) is 8.35. The third kappa shape index (κ3) is 3.86. The minimum Gasteiger partial charge on any atom is -0.454 e. The molecular formula is C23H23ClN4O4. The van der Waals surface area contributed by atoms with Gasteiger partial charge in [-0.1, -0.05) is 17.7 Å². The Labute approximate surface area is 190 Å². The van der Waals surface area contributed by atoms with Crippen LogP contribution in [0.15, 0.2) is 42.7 Å². The summed E-state index contributed by atoms with van der Waals surface area (Å²) in [6.45, 7) is 3.93. The van der Waals surface area contributed by atoms with E-state index in [1.165, 1.54) is 0 Å². The van der Waals surface area contributed by atoms with E-state index in [0.29, 0.717) is 42.7 Å². The van der Waals surface area contributed by atoms with Gasteiger partial charge in [-0.3, -0.25) is 9.59 Å². The number of ether oxygens (including phenoxy) is 2. The maximum Gasteiger partial charge on any atom is 0.231 e. The molecule has 2 aromatic heterocycles. The van der Waals surface area contributed by atoms with Gasteiger partial charge in [-0.2, -0.15) is 0 Å². The molecule has 2 amide bonds. The van der Waals surface area contributed by atoms with Crippen molar-refractivity contribution >= 4 is 29.1 Å². The number of piperazine rings is 1. The van der Waals surface area contributed by atoms with E-state index < -0.39 is 0 Å². The van der Waals surface area contributed by atoms with Crippen LogP contribution in [0.25, 0.3) is 5.65 Å². The van der Waals surface area contributed by atoms with Crippen LogP contribution in [-0.2, 0) is 9.59 Å². The van der Waals surface area contributed by atoms with E-state index in [4.69, 9.17) is 21.1 Å². The Hall–Kier alpha value is -3.26. The van der Waals surface area contributed by atoms with Crippen LogP contribution in [0.3, 0.4) is 0 Å². The van der Waals surface area contributed by atoms with E-state index >= 15 is 0 Å². The zero-order chi connectivity index (χ0) is 22.2. The number of pyridine rings is 1. The van der Waals surface area contributed by atoms with Crippen LogP contribution < -0.4 is 9.47 Å². The van der Waals surface area contributed by atoms with Crippen LogP contribution >= 0.6 is 11.6 Å². The standard InChI is InChI=1S/C23H23ClN4O4/c1-15(29)26-6-8-27(9-7-26)23(30)11-18(16-2-4-20-21(10-16)32-14-31-20)19-12-25-22-5-3-17(24)13-28(19)22/h2-5,10,12-13,18H,6-9,11,14H2,1H3. The summed E-state index contributed by atoms with van der Waals surface area (Å²) < 4.78 is 13.0. The number of amides is 2. The molecule has 32 heavy (non-hydrogen) atoms. The zero-order valence-electron chi connectivity index (χ0n) is 17.7. The second-order valence-electron chi connectivity index (χ2n) is 8.01. The molecule has 3 aromatic rings. The highest BCUT2D eigenvalue weighted by Crippen LogP contribution is 2.38. The number of rotatable bonds is 4. The summed E-state index contributed by atoms with van der Waals surface area (Å²) in [5.41, 5.74) is 2.57. The largest absolute Gasteiger partial charge is 0.454 e. The molecule has 1 atom stereocenters. The molecule has 5 rings (SSSR count). The summed E-state index contributed by atoms with van der Waals surface area (Å²) in [6, 6.07) is 9.41. The van der Waals surface area contributed by atoms with Crippen molar-refractivity contribution in [2.45, 2.75) is 19.3 Å². The SMILES string of the molecule is CC(=O)N1CCN(C(=O)CC(c2ccc3c(c2)OCO3)c2cnc3ccc(Cl)cn23)CC1.